The summed E-state index contributed by atoms with van der Waals surface area (Å²) in [6, 6.07) is 4.15. The van der Waals surface area contributed by atoms with Crippen molar-refractivity contribution in [3.8, 4) is 0 Å². The van der Waals surface area contributed by atoms with Gasteiger partial charge in [0, 0.05) is 18.8 Å². The SMILES string of the molecule is O=C(O)N[C@@H](CNC(=O)c1ccc(Cl)s1)C(=O)Nc1ccc(N2CCOCC2=O)cc1C(F)(F)F. The average molecular weight is 535 g/mol. The summed E-state index contributed by atoms with van der Waals surface area (Å²) in [5.41, 5.74) is -1.93. The lowest BCUT2D eigenvalue weighted by Gasteiger charge is -2.28. The van der Waals surface area contributed by atoms with Gasteiger partial charge in [0.05, 0.1) is 27.1 Å². The van der Waals surface area contributed by atoms with E-state index in [-0.39, 0.29) is 30.3 Å². The molecule has 0 spiro atoms. The Labute approximate surface area is 205 Å². The second kappa shape index (κ2) is 10.9. The molecule has 1 atom stereocenters. The summed E-state index contributed by atoms with van der Waals surface area (Å²) in [6.45, 7) is -0.612. The van der Waals surface area contributed by atoms with Gasteiger partial charge in [-0.15, -0.1) is 11.3 Å². The predicted octanol–water partition coefficient (Wildman–Crippen LogP) is 2.79. The topological polar surface area (TPSA) is 137 Å². The van der Waals surface area contributed by atoms with Crippen molar-refractivity contribution in [1.29, 1.82) is 0 Å². The number of anilines is 2. The number of halogens is 4. The van der Waals surface area contributed by atoms with E-state index in [9.17, 15) is 32.3 Å². The molecule has 1 saturated heterocycles. The van der Waals surface area contributed by atoms with Gasteiger partial charge < -0.3 is 30.7 Å². The number of amides is 4. The molecule has 2 aromatic rings. The molecule has 4 amide bonds. The summed E-state index contributed by atoms with van der Waals surface area (Å²) < 4.78 is 46.5. The Morgan fingerprint density at radius 1 is 1.23 bits per heavy atom. The van der Waals surface area contributed by atoms with Crippen LogP contribution in [0.4, 0.5) is 29.3 Å². The molecule has 0 aliphatic carbocycles. The Balaban J connectivity index is 1.79. The molecule has 1 aromatic heterocycles. The van der Waals surface area contributed by atoms with Crippen molar-refractivity contribution < 1.29 is 42.2 Å². The van der Waals surface area contributed by atoms with Crippen LogP contribution < -0.4 is 20.9 Å². The Hall–Kier alpha value is -3.36. The molecular formula is C20H18ClF3N4O6S. The first kappa shape index (κ1) is 26.2. The van der Waals surface area contributed by atoms with Crippen molar-refractivity contribution in [1.82, 2.24) is 10.6 Å². The molecule has 1 aliphatic rings. The van der Waals surface area contributed by atoms with Gasteiger partial charge in [-0.1, -0.05) is 11.6 Å². The van der Waals surface area contributed by atoms with Crippen molar-refractivity contribution in [2.75, 3.05) is 36.5 Å². The summed E-state index contributed by atoms with van der Waals surface area (Å²) in [5, 5.41) is 15.3. The van der Waals surface area contributed by atoms with Crippen molar-refractivity contribution in [3.63, 3.8) is 0 Å². The summed E-state index contributed by atoms with van der Waals surface area (Å²) in [4.78, 5) is 49.3. The molecule has 1 aromatic carbocycles. The monoisotopic (exact) mass is 534 g/mol. The van der Waals surface area contributed by atoms with E-state index < -0.39 is 53.8 Å². The van der Waals surface area contributed by atoms with Gasteiger partial charge >= 0.3 is 12.3 Å². The van der Waals surface area contributed by atoms with Gasteiger partial charge in [-0.3, -0.25) is 14.4 Å². The van der Waals surface area contributed by atoms with Gasteiger partial charge in [0.25, 0.3) is 11.8 Å². The molecule has 0 radical (unpaired) electrons. The van der Waals surface area contributed by atoms with E-state index in [1.807, 2.05) is 10.6 Å². The minimum absolute atomic E-state index is 0.0364. The van der Waals surface area contributed by atoms with Crippen LogP contribution in [-0.2, 0) is 20.5 Å². The highest BCUT2D eigenvalue weighted by Gasteiger charge is 2.36. The molecule has 1 aliphatic heterocycles. The zero-order chi connectivity index (χ0) is 25.8. The number of thiophene rings is 1. The Kier molecular flexibility index (Phi) is 8.19. The van der Waals surface area contributed by atoms with Crippen LogP contribution in [0.25, 0.3) is 0 Å². The lowest BCUT2D eigenvalue weighted by atomic mass is 10.1. The molecule has 4 N–H and O–H groups in total. The van der Waals surface area contributed by atoms with Gasteiger partial charge in [0.15, 0.2) is 0 Å². The fourth-order valence-electron chi connectivity index (χ4n) is 3.13. The number of benzene rings is 1. The number of hydrogen-bond donors (Lipinski definition) is 4. The number of nitrogens with one attached hydrogen (secondary N) is 3. The summed E-state index contributed by atoms with van der Waals surface area (Å²) in [5.74, 6) is -2.31. The lowest BCUT2D eigenvalue weighted by molar-refractivity contribution is -0.137. The number of morpholine rings is 1. The number of carboxylic acid groups (broad SMARTS) is 1. The van der Waals surface area contributed by atoms with Crippen LogP contribution in [0.1, 0.15) is 15.2 Å². The number of alkyl halides is 3. The van der Waals surface area contributed by atoms with Gasteiger partial charge in [-0.25, -0.2) is 4.79 Å². The molecule has 1 fully saturated rings. The fraction of sp³-hybridized carbons (Fsp3) is 0.300. The van der Waals surface area contributed by atoms with Crippen LogP contribution in [-0.4, -0.2) is 61.3 Å². The van der Waals surface area contributed by atoms with Crippen molar-refractivity contribution >= 4 is 58.1 Å². The minimum Gasteiger partial charge on any atom is -0.465 e. The van der Waals surface area contributed by atoms with Crippen LogP contribution in [0.2, 0.25) is 4.34 Å². The van der Waals surface area contributed by atoms with Crippen molar-refractivity contribution in [2.24, 2.45) is 0 Å². The minimum atomic E-state index is -4.91. The number of ether oxygens (including phenoxy) is 1. The quantitative estimate of drug-likeness (QED) is 0.431. The number of carbonyl (C=O) groups is 4. The summed E-state index contributed by atoms with van der Waals surface area (Å²) in [7, 11) is 0. The van der Waals surface area contributed by atoms with Crippen molar-refractivity contribution in [2.45, 2.75) is 12.2 Å². The van der Waals surface area contributed by atoms with Crippen LogP contribution in [0.3, 0.4) is 0 Å². The van der Waals surface area contributed by atoms with E-state index in [0.717, 1.165) is 22.3 Å². The second-order valence-electron chi connectivity index (χ2n) is 7.13. The maximum atomic E-state index is 13.7. The molecule has 10 nitrogen and oxygen atoms in total. The predicted molar refractivity (Wildman–Crippen MR) is 120 cm³/mol. The van der Waals surface area contributed by atoms with Gasteiger partial charge in [-0.2, -0.15) is 13.2 Å². The third-order valence-corrected chi connectivity index (χ3v) is 5.97. The zero-order valence-corrected chi connectivity index (χ0v) is 19.2. The largest absolute Gasteiger partial charge is 0.465 e. The van der Waals surface area contributed by atoms with Gasteiger partial charge in [0.1, 0.15) is 12.6 Å². The Morgan fingerprint density at radius 2 is 1.97 bits per heavy atom. The van der Waals surface area contributed by atoms with E-state index in [1.165, 1.54) is 18.2 Å². The number of nitrogens with zero attached hydrogens (tertiary/aromatic N) is 1. The summed E-state index contributed by atoms with van der Waals surface area (Å²) in [6.07, 6.45) is -6.54. The maximum absolute atomic E-state index is 13.7. The van der Waals surface area contributed by atoms with Crippen LogP contribution in [0.15, 0.2) is 30.3 Å². The van der Waals surface area contributed by atoms with Gasteiger partial charge in [-0.05, 0) is 30.3 Å². The molecule has 0 saturated carbocycles. The molecule has 188 valence electrons. The number of rotatable bonds is 7. The van der Waals surface area contributed by atoms with Crippen LogP contribution in [0.5, 0.6) is 0 Å². The van der Waals surface area contributed by atoms with Crippen LogP contribution in [0, 0.1) is 0 Å². The molecule has 3 rings (SSSR count). The second-order valence-corrected chi connectivity index (χ2v) is 8.85. The molecular weight excluding hydrogens is 517 g/mol. The molecule has 35 heavy (non-hydrogen) atoms. The standard InChI is InChI=1S/C20H18ClF3N4O6S/c21-15-4-3-14(35-15)18(31)25-8-13(27-19(32)33)17(30)26-12-2-1-10(7-11(12)20(22,23)24)28-5-6-34-9-16(28)29/h1-4,7,13,27H,5-6,8-9H2,(H,25,31)(H,26,30)(H,32,33)/t13-/m0/s1. The third kappa shape index (κ3) is 6.83. The van der Waals surface area contributed by atoms with E-state index in [2.05, 4.69) is 5.32 Å². The van der Waals surface area contributed by atoms with E-state index in [0.29, 0.717) is 10.4 Å². The van der Waals surface area contributed by atoms with E-state index in [4.69, 9.17) is 21.4 Å². The maximum Gasteiger partial charge on any atom is 0.418 e. The summed E-state index contributed by atoms with van der Waals surface area (Å²) >= 11 is 6.71. The normalized spacial score (nSPS) is 14.9. The lowest BCUT2D eigenvalue weighted by Crippen LogP contribution is -2.50. The van der Waals surface area contributed by atoms with E-state index in [1.54, 1.807) is 0 Å². The Bertz CT molecular complexity index is 1140. The fourth-order valence-corrected chi connectivity index (χ4v) is 4.09. The highest BCUT2D eigenvalue weighted by atomic mass is 35.5. The highest BCUT2D eigenvalue weighted by molar-refractivity contribution is 7.18. The highest BCUT2D eigenvalue weighted by Crippen LogP contribution is 2.37. The first-order valence-corrected chi connectivity index (χ1v) is 11.1. The zero-order valence-electron chi connectivity index (χ0n) is 17.6. The number of carbonyl (C=O) groups excluding carboxylic acids is 3. The third-order valence-electron chi connectivity index (χ3n) is 4.74. The van der Waals surface area contributed by atoms with Gasteiger partial charge in [0.2, 0.25) is 5.91 Å². The molecule has 2 heterocycles. The average Bonchev–Trinajstić information content (AvgIpc) is 3.22. The molecule has 0 unspecified atom stereocenters. The van der Waals surface area contributed by atoms with Crippen molar-refractivity contribution in [3.05, 3.63) is 45.1 Å². The Morgan fingerprint density at radius 3 is 2.57 bits per heavy atom. The smallest absolute Gasteiger partial charge is 0.418 e. The van der Waals surface area contributed by atoms with E-state index >= 15 is 0 Å². The first-order chi connectivity index (χ1) is 16.5. The molecule has 15 heteroatoms. The first-order valence-electron chi connectivity index (χ1n) is 9.89. The van der Waals surface area contributed by atoms with Crippen LogP contribution >= 0.6 is 22.9 Å². The number of hydrogen-bond acceptors (Lipinski definition) is 6. The molecule has 0 bridgehead atoms.